The van der Waals surface area contributed by atoms with Crippen LogP contribution in [-0.2, 0) is 14.2 Å². The van der Waals surface area contributed by atoms with Crippen molar-refractivity contribution in [2.24, 2.45) is 5.92 Å². The number of carboxylic acids is 1. The number of anilines is 1. The van der Waals surface area contributed by atoms with Gasteiger partial charge in [-0.1, -0.05) is 0 Å². The first-order valence-corrected chi connectivity index (χ1v) is 7.68. The van der Waals surface area contributed by atoms with E-state index in [1.165, 1.54) is 0 Å². The van der Waals surface area contributed by atoms with Gasteiger partial charge < -0.3 is 0 Å². The van der Waals surface area contributed by atoms with Crippen molar-refractivity contribution in [1.29, 1.82) is 0 Å². The Kier molecular flexibility index (Phi) is 7.44. The minimum absolute atomic E-state index is 0.118. The van der Waals surface area contributed by atoms with Gasteiger partial charge in [-0.3, -0.25) is 0 Å². The van der Waals surface area contributed by atoms with Crippen LogP contribution < -0.4 is 10.6 Å². The first-order valence-electron chi connectivity index (χ1n) is 6.86. The van der Waals surface area contributed by atoms with Gasteiger partial charge in [-0.25, -0.2) is 0 Å². The van der Waals surface area contributed by atoms with Gasteiger partial charge in [0.1, 0.15) is 0 Å². The van der Waals surface area contributed by atoms with Crippen LogP contribution in [0, 0.1) is 11.5 Å². The topological polar surface area (TPSA) is 95.5 Å². The summed E-state index contributed by atoms with van der Waals surface area (Å²) in [6, 6.07) is 6.88. The summed E-state index contributed by atoms with van der Waals surface area (Å²) in [4.78, 5) is 23.4. The van der Waals surface area contributed by atoms with Gasteiger partial charge in [0.15, 0.2) is 0 Å². The van der Waals surface area contributed by atoms with Gasteiger partial charge in [0.25, 0.3) is 0 Å². The zero-order chi connectivity index (χ0) is 16.5. The minimum atomic E-state index is -1.10. The number of carbonyl (C=O) groups excluding carboxylic acids is 1. The third-order valence-corrected chi connectivity index (χ3v) is 3.21. The molecule has 118 valence electrons. The summed E-state index contributed by atoms with van der Waals surface area (Å²) in [6.07, 6.45) is 0.314. The molecular formula is C15H19N2O4P. The number of para-hydroxylation sites is 1. The van der Waals surface area contributed by atoms with E-state index in [0.29, 0.717) is 12.1 Å². The molecule has 7 heteroatoms. The van der Waals surface area contributed by atoms with E-state index in [9.17, 15) is 14.2 Å². The molecule has 0 heterocycles. The number of aliphatic carboxylic acids is 1. The molecule has 0 fully saturated rings. The second-order valence-electron chi connectivity index (χ2n) is 5.19. The fourth-order valence-electron chi connectivity index (χ4n) is 1.86. The first kappa shape index (κ1) is 18.0. The molecular weight excluding hydrogens is 303 g/mol. The molecule has 0 aromatic heterocycles. The predicted octanol–water partition coefficient (Wildman–Crippen LogP) is 2.33. The quantitative estimate of drug-likeness (QED) is 0.670. The maximum absolute atomic E-state index is 12.2. The molecule has 0 unspecified atom stereocenters. The van der Waals surface area contributed by atoms with Gasteiger partial charge in [0, 0.05) is 0 Å². The van der Waals surface area contributed by atoms with Gasteiger partial charge >= 0.3 is 130 Å². The van der Waals surface area contributed by atoms with Gasteiger partial charge in [-0.05, 0) is 0 Å². The van der Waals surface area contributed by atoms with Crippen molar-refractivity contribution in [3.63, 3.8) is 0 Å². The molecule has 3 N–H and O–H groups in total. The van der Waals surface area contributed by atoms with Gasteiger partial charge in [-0.2, -0.15) is 0 Å². The van der Waals surface area contributed by atoms with Crippen LogP contribution in [0.25, 0.3) is 0 Å². The zero-order valence-corrected chi connectivity index (χ0v) is 13.3. The SMILES string of the molecule is CC(C)C[C@H](NC(=O)[C@H](C#P=O)Nc1ccccc1)C(=O)O. The molecule has 1 rings (SSSR count). The Morgan fingerprint density at radius 1 is 1.27 bits per heavy atom. The van der Waals surface area contributed by atoms with Crippen LogP contribution >= 0.6 is 7.92 Å². The average Bonchev–Trinajstić information content (AvgIpc) is 2.46. The fourth-order valence-corrected chi connectivity index (χ4v) is 2.15. The number of amides is 1. The molecule has 1 aromatic rings. The average molecular weight is 322 g/mol. The number of carbonyl (C=O) groups is 2. The third kappa shape index (κ3) is 6.17. The van der Waals surface area contributed by atoms with Crippen LogP contribution in [0.2, 0.25) is 0 Å². The third-order valence-electron chi connectivity index (χ3n) is 2.85. The second kappa shape index (κ2) is 9.08. The normalized spacial score (nSPS) is 12.9. The molecule has 0 bridgehead atoms. The van der Waals surface area contributed by atoms with E-state index in [1.54, 1.807) is 24.3 Å². The Balaban J connectivity index is 2.81. The molecule has 0 aliphatic carbocycles. The molecule has 22 heavy (non-hydrogen) atoms. The van der Waals surface area contributed by atoms with Crippen molar-refractivity contribution in [2.45, 2.75) is 32.4 Å². The summed E-state index contributed by atoms with van der Waals surface area (Å²) in [7, 11) is -0.433. The van der Waals surface area contributed by atoms with Crippen molar-refractivity contribution < 1.29 is 19.3 Å². The Morgan fingerprint density at radius 2 is 1.91 bits per heavy atom. The van der Waals surface area contributed by atoms with Gasteiger partial charge in [0.2, 0.25) is 0 Å². The van der Waals surface area contributed by atoms with Crippen LogP contribution in [0.3, 0.4) is 0 Å². The molecule has 1 aromatic carbocycles. The van der Waals surface area contributed by atoms with Crippen LogP contribution in [-0.4, -0.2) is 29.1 Å². The predicted molar refractivity (Wildman–Crippen MR) is 84.4 cm³/mol. The van der Waals surface area contributed by atoms with Crippen LogP contribution in [0.5, 0.6) is 0 Å². The number of carboxylic acid groups (broad SMARTS) is 1. The van der Waals surface area contributed by atoms with E-state index in [4.69, 9.17) is 5.11 Å². The number of nitrogens with one attached hydrogen (secondary N) is 2. The van der Waals surface area contributed by atoms with Gasteiger partial charge in [-0.15, -0.1) is 0 Å². The summed E-state index contributed by atoms with van der Waals surface area (Å²) in [6.45, 7) is 3.74. The van der Waals surface area contributed by atoms with Crippen molar-refractivity contribution >= 4 is 25.5 Å². The van der Waals surface area contributed by atoms with E-state index in [2.05, 4.69) is 16.3 Å². The van der Waals surface area contributed by atoms with E-state index in [-0.39, 0.29) is 5.92 Å². The molecule has 0 saturated heterocycles. The molecule has 1 amide bonds. The summed E-state index contributed by atoms with van der Waals surface area (Å²) < 4.78 is 10.8. The molecule has 6 nitrogen and oxygen atoms in total. The Morgan fingerprint density at radius 3 is 2.41 bits per heavy atom. The Labute approximate surface area is 130 Å². The molecule has 0 aliphatic rings. The first-order chi connectivity index (χ1) is 10.4. The zero-order valence-electron chi connectivity index (χ0n) is 12.4. The number of rotatable bonds is 7. The molecule has 0 saturated carbocycles. The molecule has 2 atom stereocenters. The monoisotopic (exact) mass is 322 g/mol. The van der Waals surface area contributed by atoms with Crippen LogP contribution in [0.15, 0.2) is 30.3 Å². The van der Waals surface area contributed by atoms with Gasteiger partial charge in [0.05, 0.1) is 0 Å². The van der Waals surface area contributed by atoms with E-state index in [0.717, 1.165) is 0 Å². The Hall–Kier alpha value is -2.03. The summed E-state index contributed by atoms with van der Waals surface area (Å²) >= 11 is 0. The van der Waals surface area contributed by atoms with Crippen molar-refractivity contribution in [1.82, 2.24) is 5.32 Å². The Bertz CT molecular complexity index is 613. The number of hydrogen-bond acceptors (Lipinski definition) is 4. The van der Waals surface area contributed by atoms with E-state index < -0.39 is 31.9 Å². The van der Waals surface area contributed by atoms with Crippen LogP contribution in [0.1, 0.15) is 20.3 Å². The van der Waals surface area contributed by atoms with Crippen molar-refractivity contribution in [3.05, 3.63) is 30.3 Å². The molecule has 0 aliphatic heterocycles. The molecule has 0 spiro atoms. The molecule has 0 radical (unpaired) electrons. The van der Waals surface area contributed by atoms with Crippen molar-refractivity contribution in [3.8, 4) is 5.63 Å². The van der Waals surface area contributed by atoms with E-state index >= 15 is 0 Å². The summed E-state index contributed by atoms with van der Waals surface area (Å²) in [5.41, 5.74) is 3.08. The summed E-state index contributed by atoms with van der Waals surface area (Å²) in [5.74, 6) is -1.56. The standard InChI is InChI=1S/C15H19N2O4P/c1-10(2)8-12(15(19)20)17-14(18)13(9-22-21)16-11-6-4-3-5-7-11/h3-7,10,12-13,16H,8H2,1-2H3,(H,17,18)(H,19,20)/t12-,13-/m0/s1. The number of benzene rings is 1. The second-order valence-corrected chi connectivity index (χ2v) is 5.63. The maximum atomic E-state index is 12.2. The number of hydrogen-bond donors (Lipinski definition) is 3. The van der Waals surface area contributed by atoms with E-state index in [1.807, 2.05) is 19.9 Å². The van der Waals surface area contributed by atoms with Crippen molar-refractivity contribution in [2.75, 3.05) is 5.32 Å². The van der Waals surface area contributed by atoms with Crippen LogP contribution in [0.4, 0.5) is 5.69 Å². The fraction of sp³-hybridized carbons (Fsp3) is 0.400. The summed E-state index contributed by atoms with van der Waals surface area (Å²) in [5, 5.41) is 14.5.